The minimum Gasteiger partial charge on any atom is -0.377 e. The Kier molecular flexibility index (Phi) is 7.14. The first-order valence-corrected chi connectivity index (χ1v) is 12.4. The molecule has 1 saturated carbocycles. The van der Waals surface area contributed by atoms with Crippen molar-refractivity contribution in [3.05, 3.63) is 82.0 Å². The second-order valence-corrected chi connectivity index (χ2v) is 9.69. The van der Waals surface area contributed by atoms with E-state index in [1.165, 1.54) is 11.3 Å². The second-order valence-electron chi connectivity index (χ2n) is 8.74. The van der Waals surface area contributed by atoms with Crippen LogP contribution in [0, 0.1) is 0 Å². The molecule has 0 spiro atoms. The van der Waals surface area contributed by atoms with Crippen molar-refractivity contribution in [2.24, 2.45) is 0 Å². The van der Waals surface area contributed by atoms with E-state index in [2.05, 4.69) is 17.1 Å². The summed E-state index contributed by atoms with van der Waals surface area (Å²) >= 11 is 1.42. The van der Waals surface area contributed by atoms with Crippen molar-refractivity contribution in [2.75, 3.05) is 24.3 Å². The van der Waals surface area contributed by atoms with E-state index in [4.69, 9.17) is 0 Å². The van der Waals surface area contributed by atoms with E-state index >= 15 is 0 Å². The smallest absolute Gasteiger partial charge is 0.265 e. The molecule has 33 heavy (non-hydrogen) atoms. The average molecular weight is 462 g/mol. The van der Waals surface area contributed by atoms with Gasteiger partial charge in [-0.3, -0.25) is 9.59 Å². The summed E-state index contributed by atoms with van der Waals surface area (Å²) in [7, 11) is 4.01. The highest BCUT2D eigenvalue weighted by molar-refractivity contribution is 7.12. The molecule has 6 heteroatoms. The number of nitrogens with zero attached hydrogens (tertiary/aromatic N) is 2. The number of nitrogens with one attached hydrogen (secondary N) is 1. The molecule has 1 atom stereocenters. The molecule has 1 aliphatic rings. The van der Waals surface area contributed by atoms with Crippen LogP contribution in [0.1, 0.15) is 52.9 Å². The molecule has 1 unspecified atom stereocenters. The van der Waals surface area contributed by atoms with Gasteiger partial charge in [-0.15, -0.1) is 11.3 Å². The van der Waals surface area contributed by atoms with E-state index in [9.17, 15) is 9.59 Å². The van der Waals surface area contributed by atoms with Gasteiger partial charge in [0.1, 0.15) is 0 Å². The Hall–Kier alpha value is -3.12. The summed E-state index contributed by atoms with van der Waals surface area (Å²) in [6.07, 6.45) is 2.86. The predicted molar refractivity (Wildman–Crippen MR) is 136 cm³/mol. The van der Waals surface area contributed by atoms with Gasteiger partial charge in [-0.25, -0.2) is 0 Å². The van der Waals surface area contributed by atoms with Gasteiger partial charge < -0.3 is 15.1 Å². The van der Waals surface area contributed by atoms with Crippen molar-refractivity contribution in [3.8, 4) is 0 Å². The van der Waals surface area contributed by atoms with Crippen LogP contribution >= 0.6 is 11.3 Å². The molecule has 1 heterocycles. The summed E-state index contributed by atoms with van der Waals surface area (Å²) in [5.74, 6) is -0.0703. The van der Waals surface area contributed by atoms with Gasteiger partial charge in [-0.2, -0.15) is 0 Å². The highest BCUT2D eigenvalue weighted by Gasteiger charge is 2.36. The SMILES string of the molecule is CCC(C(=O)N(Cc1cc(NC(=O)c2cccs2)ccc1N(C)C)C1CC1)c1ccccc1. The highest BCUT2D eigenvalue weighted by Crippen LogP contribution is 2.35. The Morgan fingerprint density at radius 2 is 1.82 bits per heavy atom. The normalized spacial score (nSPS) is 13.9. The molecule has 172 valence electrons. The molecule has 4 rings (SSSR count). The first-order chi connectivity index (χ1) is 16.0. The van der Waals surface area contributed by atoms with Crippen LogP contribution in [0.5, 0.6) is 0 Å². The van der Waals surface area contributed by atoms with Crippen LogP contribution in [0.4, 0.5) is 11.4 Å². The molecular weight excluding hydrogens is 430 g/mol. The molecule has 5 nitrogen and oxygen atoms in total. The molecule has 0 bridgehead atoms. The minimum absolute atomic E-state index is 0.112. The zero-order valence-electron chi connectivity index (χ0n) is 19.5. The molecular formula is C27H31N3O2S. The maximum Gasteiger partial charge on any atom is 0.265 e. The topological polar surface area (TPSA) is 52.7 Å². The van der Waals surface area contributed by atoms with Crippen LogP contribution < -0.4 is 10.2 Å². The number of benzene rings is 2. The maximum atomic E-state index is 13.7. The monoisotopic (exact) mass is 461 g/mol. The van der Waals surface area contributed by atoms with Gasteiger partial charge in [0.05, 0.1) is 10.8 Å². The summed E-state index contributed by atoms with van der Waals surface area (Å²) in [5.41, 5.74) is 3.90. The second kappa shape index (κ2) is 10.2. The zero-order chi connectivity index (χ0) is 23.4. The maximum absolute atomic E-state index is 13.7. The van der Waals surface area contributed by atoms with Crippen molar-refractivity contribution in [1.29, 1.82) is 0 Å². The number of rotatable bonds is 9. The lowest BCUT2D eigenvalue weighted by molar-refractivity contribution is -0.134. The third-order valence-corrected chi connectivity index (χ3v) is 6.95. The molecule has 0 radical (unpaired) electrons. The number of anilines is 2. The van der Waals surface area contributed by atoms with E-state index in [1.54, 1.807) is 0 Å². The van der Waals surface area contributed by atoms with Gasteiger partial charge in [0.25, 0.3) is 5.91 Å². The summed E-state index contributed by atoms with van der Waals surface area (Å²) < 4.78 is 0. The fourth-order valence-corrected chi connectivity index (χ4v) is 4.84. The Labute approximate surface area is 200 Å². The third-order valence-electron chi connectivity index (χ3n) is 6.08. The van der Waals surface area contributed by atoms with E-state index in [0.29, 0.717) is 11.4 Å². The standard InChI is InChI=1S/C27H31N3O2S/c1-4-23(19-9-6-5-7-10-19)27(32)30(22-13-14-22)18-20-17-21(12-15-24(20)29(2)3)28-26(31)25-11-8-16-33-25/h5-12,15-17,22-23H,4,13-14,18H2,1-3H3,(H,28,31). The van der Waals surface area contributed by atoms with Crippen LogP contribution in [-0.4, -0.2) is 36.9 Å². The van der Waals surface area contributed by atoms with Gasteiger partial charge in [-0.05, 0) is 60.0 Å². The number of hydrogen-bond donors (Lipinski definition) is 1. The van der Waals surface area contributed by atoms with Gasteiger partial charge in [0.15, 0.2) is 0 Å². The summed E-state index contributed by atoms with van der Waals surface area (Å²) in [4.78, 5) is 31.1. The minimum atomic E-state index is -0.142. The van der Waals surface area contributed by atoms with E-state index in [1.807, 2.05) is 85.0 Å². The number of carbonyl (C=O) groups excluding carboxylic acids is 2. The van der Waals surface area contributed by atoms with Crippen LogP contribution in [-0.2, 0) is 11.3 Å². The van der Waals surface area contributed by atoms with Crippen molar-refractivity contribution in [3.63, 3.8) is 0 Å². The molecule has 1 aliphatic carbocycles. The van der Waals surface area contributed by atoms with Gasteiger partial charge in [0.2, 0.25) is 5.91 Å². The summed E-state index contributed by atoms with van der Waals surface area (Å²) in [6, 6.07) is 20.0. The molecule has 0 aliphatic heterocycles. The van der Waals surface area contributed by atoms with Crippen molar-refractivity contribution in [1.82, 2.24) is 4.90 Å². The fourth-order valence-electron chi connectivity index (χ4n) is 4.22. The molecule has 1 N–H and O–H groups in total. The number of thiophene rings is 1. The molecule has 3 aromatic rings. The van der Waals surface area contributed by atoms with Gasteiger partial charge in [-0.1, -0.05) is 43.3 Å². The van der Waals surface area contributed by atoms with E-state index < -0.39 is 0 Å². The highest BCUT2D eigenvalue weighted by atomic mass is 32.1. The Balaban J connectivity index is 1.60. The fraction of sp³-hybridized carbons (Fsp3) is 0.333. The summed E-state index contributed by atoms with van der Waals surface area (Å²) in [5, 5.41) is 4.90. The third kappa shape index (κ3) is 5.45. The molecule has 0 saturated heterocycles. The van der Waals surface area contributed by atoms with Crippen molar-refractivity contribution in [2.45, 2.75) is 44.7 Å². The van der Waals surface area contributed by atoms with Crippen LogP contribution in [0.2, 0.25) is 0 Å². The van der Waals surface area contributed by atoms with E-state index in [0.717, 1.165) is 41.8 Å². The zero-order valence-corrected chi connectivity index (χ0v) is 20.3. The Morgan fingerprint density at radius 3 is 2.42 bits per heavy atom. The lowest BCUT2D eigenvalue weighted by atomic mass is 9.94. The number of hydrogen-bond acceptors (Lipinski definition) is 4. The quantitative estimate of drug-likeness (QED) is 0.441. The summed E-state index contributed by atoms with van der Waals surface area (Å²) in [6.45, 7) is 2.61. The van der Waals surface area contributed by atoms with Gasteiger partial charge >= 0.3 is 0 Å². The Bertz CT molecular complexity index is 1090. The molecule has 2 amide bonds. The number of amides is 2. The van der Waals surface area contributed by atoms with Crippen LogP contribution in [0.3, 0.4) is 0 Å². The first-order valence-electron chi connectivity index (χ1n) is 11.5. The van der Waals surface area contributed by atoms with Gasteiger partial charge in [0, 0.05) is 38.1 Å². The Morgan fingerprint density at radius 1 is 1.06 bits per heavy atom. The number of carbonyl (C=O) groups is 2. The van der Waals surface area contributed by atoms with Crippen LogP contribution in [0.15, 0.2) is 66.0 Å². The van der Waals surface area contributed by atoms with Crippen molar-refractivity contribution >= 4 is 34.5 Å². The molecule has 1 fully saturated rings. The first kappa shape index (κ1) is 23.1. The van der Waals surface area contributed by atoms with Crippen LogP contribution in [0.25, 0.3) is 0 Å². The molecule has 2 aromatic carbocycles. The molecule has 1 aromatic heterocycles. The largest absolute Gasteiger partial charge is 0.377 e. The van der Waals surface area contributed by atoms with Crippen molar-refractivity contribution < 1.29 is 9.59 Å². The average Bonchev–Trinajstić information content (AvgIpc) is 3.50. The van der Waals surface area contributed by atoms with E-state index in [-0.39, 0.29) is 23.8 Å². The predicted octanol–water partition coefficient (Wildman–Crippen LogP) is 5.75. The lowest BCUT2D eigenvalue weighted by Gasteiger charge is -2.29. The lowest BCUT2D eigenvalue weighted by Crippen LogP contribution is -2.36.